The number of carbonyl (C=O) groups is 1. The molecule has 112 valence electrons. The van der Waals surface area contributed by atoms with Gasteiger partial charge in [0.05, 0.1) is 27.2 Å². The molecule has 4 nitrogen and oxygen atoms in total. The van der Waals surface area contributed by atoms with Crippen LogP contribution in [0, 0.1) is 0 Å². The molecule has 0 unspecified atom stereocenters. The van der Waals surface area contributed by atoms with Crippen LogP contribution in [0.1, 0.15) is 46.5 Å². The highest BCUT2D eigenvalue weighted by Gasteiger charge is 2.32. The second-order valence-electron chi connectivity index (χ2n) is 6.50. The maximum absolute atomic E-state index is 12.5. The van der Waals surface area contributed by atoms with Crippen molar-refractivity contribution in [3.05, 3.63) is 0 Å². The predicted molar refractivity (Wildman–Crippen MR) is 78.2 cm³/mol. The van der Waals surface area contributed by atoms with Gasteiger partial charge in [0, 0.05) is 18.5 Å². The Hall–Kier alpha value is -0.610. The van der Waals surface area contributed by atoms with Crippen LogP contribution in [0.4, 0.5) is 0 Å². The van der Waals surface area contributed by atoms with Crippen molar-refractivity contribution in [1.29, 1.82) is 0 Å². The summed E-state index contributed by atoms with van der Waals surface area (Å²) in [6.07, 6.45) is 4.75. The Morgan fingerprint density at radius 1 is 1.32 bits per heavy atom. The zero-order valence-corrected chi connectivity index (χ0v) is 13.4. The molecule has 1 fully saturated rings. The molecular formula is C15H33N3O+2. The van der Waals surface area contributed by atoms with Gasteiger partial charge in [-0.05, 0) is 40.0 Å². The fourth-order valence-electron chi connectivity index (χ4n) is 3.02. The van der Waals surface area contributed by atoms with Crippen molar-refractivity contribution >= 4 is 5.91 Å². The molecule has 0 saturated carbocycles. The summed E-state index contributed by atoms with van der Waals surface area (Å²) < 4.78 is 0. The summed E-state index contributed by atoms with van der Waals surface area (Å²) >= 11 is 0. The average Bonchev–Trinajstić information content (AvgIpc) is 2.33. The first kappa shape index (κ1) is 16.4. The van der Waals surface area contributed by atoms with E-state index in [4.69, 9.17) is 0 Å². The van der Waals surface area contributed by atoms with Crippen molar-refractivity contribution in [2.24, 2.45) is 0 Å². The monoisotopic (exact) mass is 271 g/mol. The van der Waals surface area contributed by atoms with Crippen molar-refractivity contribution in [2.75, 3.05) is 27.2 Å². The Labute approximate surface area is 118 Å². The summed E-state index contributed by atoms with van der Waals surface area (Å²) in [5.41, 5.74) is 0. The van der Waals surface area contributed by atoms with Gasteiger partial charge in [-0.2, -0.15) is 0 Å². The molecule has 1 heterocycles. The van der Waals surface area contributed by atoms with Crippen molar-refractivity contribution < 1.29 is 15.0 Å². The molecule has 1 saturated heterocycles. The Morgan fingerprint density at radius 3 is 2.42 bits per heavy atom. The molecule has 0 spiro atoms. The molecule has 3 atom stereocenters. The first-order chi connectivity index (χ1) is 8.93. The van der Waals surface area contributed by atoms with Crippen molar-refractivity contribution in [3.8, 4) is 0 Å². The van der Waals surface area contributed by atoms with Gasteiger partial charge in [-0.15, -0.1) is 0 Å². The highest BCUT2D eigenvalue weighted by Crippen LogP contribution is 2.22. The lowest BCUT2D eigenvalue weighted by atomic mass is 9.96. The molecular weight excluding hydrogens is 238 g/mol. The highest BCUT2D eigenvalue weighted by atomic mass is 16.2. The van der Waals surface area contributed by atoms with Gasteiger partial charge in [0.25, 0.3) is 5.91 Å². The topological polar surface area (TPSA) is 41.4 Å². The van der Waals surface area contributed by atoms with Crippen LogP contribution < -0.4 is 10.2 Å². The summed E-state index contributed by atoms with van der Waals surface area (Å²) in [4.78, 5) is 16.1. The van der Waals surface area contributed by atoms with Crippen LogP contribution in [-0.4, -0.2) is 56.1 Å². The van der Waals surface area contributed by atoms with Crippen LogP contribution in [-0.2, 0) is 4.79 Å². The molecule has 1 amide bonds. The number of rotatable bonds is 6. The fourth-order valence-corrected chi connectivity index (χ4v) is 3.02. The molecule has 0 aromatic rings. The summed E-state index contributed by atoms with van der Waals surface area (Å²) in [6.45, 7) is 8.66. The van der Waals surface area contributed by atoms with Crippen molar-refractivity contribution in [1.82, 2.24) is 4.90 Å². The second-order valence-corrected chi connectivity index (χ2v) is 6.50. The van der Waals surface area contributed by atoms with E-state index in [1.807, 2.05) is 0 Å². The minimum Gasteiger partial charge on any atom is -0.340 e. The van der Waals surface area contributed by atoms with Crippen LogP contribution >= 0.6 is 0 Å². The normalized spacial score (nSPS) is 25.7. The van der Waals surface area contributed by atoms with Gasteiger partial charge in [0.2, 0.25) is 0 Å². The van der Waals surface area contributed by atoms with Crippen LogP contribution in [0.25, 0.3) is 0 Å². The molecule has 3 N–H and O–H groups in total. The van der Waals surface area contributed by atoms with E-state index >= 15 is 0 Å². The smallest absolute Gasteiger partial charge is 0.280 e. The van der Waals surface area contributed by atoms with Crippen molar-refractivity contribution in [3.63, 3.8) is 0 Å². The number of carbonyl (C=O) groups excluding carboxylic acids is 1. The summed E-state index contributed by atoms with van der Waals surface area (Å²) in [7, 11) is 4.34. The number of nitrogens with two attached hydrogens (primary N) is 1. The van der Waals surface area contributed by atoms with Crippen LogP contribution in [0.5, 0.6) is 0 Å². The van der Waals surface area contributed by atoms with E-state index in [-0.39, 0.29) is 6.04 Å². The number of hydrogen-bond donors (Lipinski definition) is 2. The molecule has 0 aromatic heterocycles. The van der Waals surface area contributed by atoms with E-state index in [0.717, 1.165) is 19.4 Å². The van der Waals surface area contributed by atoms with E-state index < -0.39 is 0 Å². The largest absolute Gasteiger partial charge is 0.340 e. The van der Waals surface area contributed by atoms with Crippen LogP contribution in [0.3, 0.4) is 0 Å². The quantitative estimate of drug-likeness (QED) is 0.614. The Balaban J connectivity index is 2.38. The van der Waals surface area contributed by atoms with Gasteiger partial charge in [-0.25, -0.2) is 0 Å². The lowest BCUT2D eigenvalue weighted by Gasteiger charge is -2.39. The maximum Gasteiger partial charge on any atom is 0.280 e. The Kier molecular flexibility index (Phi) is 6.80. The summed E-state index contributed by atoms with van der Waals surface area (Å²) in [5.74, 6) is 0.330. The molecule has 0 aromatic carbocycles. The van der Waals surface area contributed by atoms with Gasteiger partial charge < -0.3 is 15.1 Å². The third kappa shape index (κ3) is 5.11. The lowest BCUT2D eigenvalue weighted by Crippen LogP contribution is -3.06. The predicted octanol–water partition coefficient (Wildman–Crippen LogP) is -0.738. The number of amides is 1. The number of quaternary nitrogens is 2. The average molecular weight is 271 g/mol. The third-order valence-electron chi connectivity index (χ3n) is 4.24. The molecule has 0 bridgehead atoms. The fraction of sp³-hybridized carbons (Fsp3) is 0.933. The van der Waals surface area contributed by atoms with E-state index in [0.29, 0.717) is 18.0 Å². The first-order valence-corrected chi connectivity index (χ1v) is 7.88. The van der Waals surface area contributed by atoms with Gasteiger partial charge in [0.1, 0.15) is 0 Å². The number of nitrogens with one attached hydrogen (secondary N) is 1. The second kappa shape index (κ2) is 7.85. The first-order valence-electron chi connectivity index (χ1n) is 7.88. The molecule has 1 rings (SSSR count). The van der Waals surface area contributed by atoms with E-state index in [1.165, 1.54) is 24.3 Å². The Bertz CT molecular complexity index is 271. The van der Waals surface area contributed by atoms with Gasteiger partial charge in [-0.3, -0.25) is 4.79 Å². The van der Waals surface area contributed by atoms with E-state index in [2.05, 4.69) is 45.1 Å². The molecule has 4 heteroatoms. The highest BCUT2D eigenvalue weighted by molar-refractivity contribution is 5.80. The van der Waals surface area contributed by atoms with E-state index in [1.54, 1.807) is 0 Å². The number of likely N-dealkylation sites (tertiary alicyclic amines) is 1. The van der Waals surface area contributed by atoms with Crippen LogP contribution in [0.2, 0.25) is 0 Å². The molecule has 1 aliphatic heterocycles. The zero-order chi connectivity index (χ0) is 14.4. The van der Waals surface area contributed by atoms with E-state index in [9.17, 15) is 4.79 Å². The minimum atomic E-state index is 0.0696. The summed E-state index contributed by atoms with van der Waals surface area (Å²) in [6, 6.07) is 0.900. The number of hydrogen-bond acceptors (Lipinski definition) is 1. The SMILES string of the molecule is C[C@@H]1CCC[C@@H](C)N1C(=O)[C@@H](C)[NH2+]CCC[NH+](C)C. The van der Waals surface area contributed by atoms with Crippen molar-refractivity contribution in [2.45, 2.75) is 64.6 Å². The van der Waals surface area contributed by atoms with Gasteiger partial charge >= 0.3 is 0 Å². The molecule has 0 aliphatic carbocycles. The molecule has 1 aliphatic rings. The number of piperidine rings is 1. The van der Waals surface area contributed by atoms with Gasteiger partial charge in [0.15, 0.2) is 6.04 Å². The minimum absolute atomic E-state index is 0.0696. The zero-order valence-electron chi connectivity index (χ0n) is 13.4. The summed E-state index contributed by atoms with van der Waals surface area (Å²) in [5, 5.41) is 2.21. The number of nitrogens with zero attached hydrogens (tertiary/aromatic N) is 1. The lowest BCUT2D eigenvalue weighted by molar-refractivity contribution is -0.860. The Morgan fingerprint density at radius 2 is 1.89 bits per heavy atom. The molecule has 0 radical (unpaired) electrons. The van der Waals surface area contributed by atoms with Crippen LogP contribution in [0.15, 0.2) is 0 Å². The third-order valence-corrected chi connectivity index (χ3v) is 4.24. The standard InChI is InChI=1S/C15H31N3O/c1-12-8-6-9-13(2)18(12)15(19)14(3)16-10-7-11-17(4)5/h12-14,16H,6-11H2,1-5H3/p+2/t12-,13-,14-/m1/s1. The van der Waals surface area contributed by atoms with Gasteiger partial charge in [-0.1, -0.05) is 0 Å². The molecule has 19 heavy (non-hydrogen) atoms. The maximum atomic E-state index is 12.5.